The first kappa shape index (κ1) is 6.04. The van der Waals surface area contributed by atoms with Gasteiger partial charge in [0.2, 0.25) is 0 Å². The lowest BCUT2D eigenvalue weighted by molar-refractivity contribution is 1.36. The second-order valence-corrected chi connectivity index (χ2v) is 3.89. The Morgan fingerprint density at radius 1 is 1.75 bits per heavy atom. The number of halogens is 1. The molecule has 0 aliphatic rings. The molecule has 0 fully saturated rings. The highest BCUT2D eigenvalue weighted by Gasteiger charge is 1.98. The Hall–Kier alpha value is -0.0900. The van der Waals surface area contributed by atoms with Gasteiger partial charge < -0.3 is 5.73 Å². The monoisotopic (exact) mass is 192 g/mol. The molecule has 0 aliphatic carbocycles. The molecule has 0 radical (unpaired) electrons. The van der Waals surface area contributed by atoms with Gasteiger partial charge in [-0.05, 0) is 22.9 Å². The van der Waals surface area contributed by atoms with E-state index in [4.69, 9.17) is 5.73 Å². The van der Waals surface area contributed by atoms with Gasteiger partial charge in [-0.15, -0.1) is 11.3 Å². The predicted octanol–water partition coefficient (Wildman–Crippen LogP) is 1.80. The van der Waals surface area contributed by atoms with E-state index < -0.39 is 0 Å². The summed E-state index contributed by atoms with van der Waals surface area (Å²) in [5, 5.41) is 0. The number of aryl methyl sites for hydroxylation is 1. The molecule has 1 rings (SSSR count). The van der Waals surface area contributed by atoms with Gasteiger partial charge in [-0.1, -0.05) is 0 Å². The van der Waals surface area contributed by atoms with Crippen LogP contribution < -0.4 is 5.73 Å². The third kappa shape index (κ3) is 1.00. The first-order valence-electron chi connectivity index (χ1n) is 2.08. The minimum absolute atomic E-state index is 0.627. The third-order valence-corrected chi connectivity index (χ3v) is 2.24. The molecule has 0 saturated carbocycles. The van der Waals surface area contributed by atoms with Crippen molar-refractivity contribution in [1.29, 1.82) is 0 Å². The van der Waals surface area contributed by atoms with E-state index in [1.807, 2.05) is 6.92 Å². The first-order valence-corrected chi connectivity index (χ1v) is 3.69. The number of hydrogen-bond donors (Lipinski definition) is 1. The average Bonchev–Trinajstić information content (AvgIpc) is 1.85. The van der Waals surface area contributed by atoms with Crippen molar-refractivity contribution in [2.45, 2.75) is 6.92 Å². The Bertz CT molecular complexity index is 176. The van der Waals surface area contributed by atoms with E-state index in [0.29, 0.717) is 5.82 Å². The van der Waals surface area contributed by atoms with Gasteiger partial charge in [0.1, 0.15) is 5.82 Å². The molecule has 0 atom stereocenters. The molecule has 44 valence electrons. The van der Waals surface area contributed by atoms with Crippen molar-refractivity contribution < 1.29 is 0 Å². The van der Waals surface area contributed by atoms with Crippen LogP contribution in [0.15, 0.2) is 3.92 Å². The zero-order valence-electron chi connectivity index (χ0n) is 4.31. The van der Waals surface area contributed by atoms with Crippen LogP contribution in [0.2, 0.25) is 0 Å². The molecule has 0 unspecified atom stereocenters. The number of nitrogen functional groups attached to an aromatic ring is 1. The summed E-state index contributed by atoms with van der Waals surface area (Å²) in [6.45, 7) is 1.94. The van der Waals surface area contributed by atoms with Crippen molar-refractivity contribution in [3.05, 3.63) is 8.79 Å². The van der Waals surface area contributed by atoms with E-state index in [0.717, 1.165) is 8.79 Å². The highest BCUT2D eigenvalue weighted by atomic mass is 79.9. The number of hydrogen-bond acceptors (Lipinski definition) is 3. The quantitative estimate of drug-likeness (QED) is 0.682. The molecule has 0 aliphatic heterocycles. The highest BCUT2D eigenvalue weighted by Crippen LogP contribution is 2.22. The fraction of sp³-hybridized carbons (Fsp3) is 0.250. The second-order valence-electron chi connectivity index (χ2n) is 1.41. The lowest BCUT2D eigenvalue weighted by Crippen LogP contribution is -1.84. The number of nitrogens with two attached hydrogens (primary N) is 1. The molecular formula is C4H5BrN2S. The van der Waals surface area contributed by atoms with Crippen molar-refractivity contribution in [1.82, 2.24) is 4.98 Å². The van der Waals surface area contributed by atoms with Gasteiger partial charge in [0.25, 0.3) is 0 Å². The van der Waals surface area contributed by atoms with E-state index in [9.17, 15) is 0 Å². The first-order chi connectivity index (χ1) is 3.70. The van der Waals surface area contributed by atoms with Gasteiger partial charge in [0.05, 0.1) is 0 Å². The minimum Gasteiger partial charge on any atom is -0.383 e. The van der Waals surface area contributed by atoms with Crippen molar-refractivity contribution in [3.8, 4) is 0 Å². The van der Waals surface area contributed by atoms with Crippen LogP contribution in [0.25, 0.3) is 0 Å². The fourth-order valence-electron chi connectivity index (χ4n) is 0.375. The summed E-state index contributed by atoms with van der Waals surface area (Å²) in [5.41, 5.74) is 5.41. The van der Waals surface area contributed by atoms with Crippen LogP contribution in [0.4, 0.5) is 5.82 Å². The number of nitrogens with zero attached hydrogens (tertiary/aromatic N) is 1. The maximum Gasteiger partial charge on any atom is 0.161 e. The Labute approximate surface area is 59.9 Å². The van der Waals surface area contributed by atoms with Crippen LogP contribution in [0.3, 0.4) is 0 Å². The van der Waals surface area contributed by atoms with Crippen LogP contribution >= 0.6 is 27.3 Å². The van der Waals surface area contributed by atoms with Gasteiger partial charge in [0, 0.05) is 4.88 Å². The SMILES string of the molecule is Cc1sc(Br)nc1N. The fourth-order valence-corrected chi connectivity index (χ4v) is 1.84. The molecule has 0 spiro atoms. The molecule has 0 amide bonds. The molecule has 1 aromatic rings. The Morgan fingerprint density at radius 3 is 2.50 bits per heavy atom. The summed E-state index contributed by atoms with van der Waals surface area (Å²) in [4.78, 5) is 4.99. The predicted molar refractivity (Wildman–Crippen MR) is 39.0 cm³/mol. The zero-order valence-corrected chi connectivity index (χ0v) is 6.71. The van der Waals surface area contributed by atoms with Gasteiger partial charge in [-0.25, -0.2) is 4.98 Å². The molecule has 8 heavy (non-hydrogen) atoms. The Balaban J connectivity index is 3.14. The van der Waals surface area contributed by atoms with Crippen LogP contribution in [0.5, 0.6) is 0 Å². The second kappa shape index (κ2) is 2.03. The summed E-state index contributed by atoms with van der Waals surface area (Å²) >= 11 is 4.76. The van der Waals surface area contributed by atoms with Crippen molar-refractivity contribution in [2.75, 3.05) is 5.73 Å². The van der Waals surface area contributed by atoms with Crippen molar-refractivity contribution >= 4 is 33.1 Å². The molecule has 0 saturated heterocycles. The van der Waals surface area contributed by atoms with E-state index in [-0.39, 0.29) is 0 Å². The number of rotatable bonds is 0. The molecule has 4 heteroatoms. The maximum absolute atomic E-state index is 5.41. The van der Waals surface area contributed by atoms with Gasteiger partial charge >= 0.3 is 0 Å². The lowest BCUT2D eigenvalue weighted by Gasteiger charge is -1.78. The normalized spacial score (nSPS) is 9.75. The number of anilines is 1. The standard InChI is InChI=1S/C4H5BrN2S/c1-2-3(6)7-4(5)8-2/h6H2,1H3. The van der Waals surface area contributed by atoms with Gasteiger partial charge in [-0.2, -0.15) is 0 Å². The summed E-state index contributed by atoms with van der Waals surface area (Å²) in [6, 6.07) is 0. The van der Waals surface area contributed by atoms with Crippen molar-refractivity contribution in [3.63, 3.8) is 0 Å². The number of aromatic nitrogens is 1. The lowest BCUT2D eigenvalue weighted by atomic mass is 10.6. The molecule has 1 heterocycles. The van der Waals surface area contributed by atoms with Crippen LogP contribution in [-0.4, -0.2) is 4.98 Å². The van der Waals surface area contributed by atoms with Crippen molar-refractivity contribution in [2.24, 2.45) is 0 Å². The van der Waals surface area contributed by atoms with Crippen LogP contribution in [0.1, 0.15) is 4.88 Å². The highest BCUT2D eigenvalue weighted by molar-refractivity contribution is 9.11. The topological polar surface area (TPSA) is 38.9 Å². The molecule has 0 bridgehead atoms. The van der Waals surface area contributed by atoms with Gasteiger partial charge in [-0.3, -0.25) is 0 Å². The smallest absolute Gasteiger partial charge is 0.161 e. The van der Waals surface area contributed by atoms with E-state index in [2.05, 4.69) is 20.9 Å². The number of thiazole rings is 1. The summed E-state index contributed by atoms with van der Waals surface area (Å²) in [5.74, 6) is 0.627. The molecule has 2 N–H and O–H groups in total. The van der Waals surface area contributed by atoms with Gasteiger partial charge in [0.15, 0.2) is 3.92 Å². The van der Waals surface area contributed by atoms with E-state index >= 15 is 0 Å². The largest absolute Gasteiger partial charge is 0.383 e. The zero-order chi connectivity index (χ0) is 6.15. The average molecular weight is 193 g/mol. The Kier molecular flexibility index (Phi) is 1.53. The summed E-state index contributed by atoms with van der Waals surface area (Å²) in [6.07, 6.45) is 0. The molecular weight excluding hydrogens is 188 g/mol. The molecule has 0 aromatic carbocycles. The Morgan fingerprint density at radius 2 is 2.38 bits per heavy atom. The minimum atomic E-state index is 0.627. The van der Waals surface area contributed by atoms with E-state index in [1.165, 1.54) is 0 Å². The third-order valence-electron chi connectivity index (χ3n) is 0.806. The summed E-state index contributed by atoms with van der Waals surface area (Å²) < 4.78 is 0.854. The molecule has 2 nitrogen and oxygen atoms in total. The molecule has 1 aromatic heterocycles. The van der Waals surface area contributed by atoms with Crippen LogP contribution in [-0.2, 0) is 0 Å². The van der Waals surface area contributed by atoms with Crippen LogP contribution in [0, 0.1) is 6.92 Å². The summed E-state index contributed by atoms with van der Waals surface area (Å²) in [7, 11) is 0. The maximum atomic E-state index is 5.41. The van der Waals surface area contributed by atoms with E-state index in [1.54, 1.807) is 11.3 Å².